The summed E-state index contributed by atoms with van der Waals surface area (Å²) >= 11 is 5.73. The van der Waals surface area contributed by atoms with E-state index >= 15 is 0 Å². The Kier molecular flexibility index (Phi) is 3.84. The van der Waals surface area contributed by atoms with E-state index in [1.54, 1.807) is 0 Å². The summed E-state index contributed by atoms with van der Waals surface area (Å²) in [6, 6.07) is 1.45. The summed E-state index contributed by atoms with van der Waals surface area (Å²) in [5, 5.41) is 0.245. The van der Waals surface area contributed by atoms with Crippen LogP contribution in [0.2, 0.25) is 5.15 Å². The first kappa shape index (κ1) is 12.2. The van der Waals surface area contributed by atoms with Crippen molar-refractivity contribution in [1.29, 1.82) is 0 Å². The molecule has 4 nitrogen and oxygen atoms in total. The number of nitrogen functional groups attached to an aromatic ring is 1. The van der Waals surface area contributed by atoms with Gasteiger partial charge in [0.1, 0.15) is 11.3 Å². The average molecular weight is 255 g/mol. The summed E-state index contributed by atoms with van der Waals surface area (Å²) in [5.74, 6) is -0.404. The van der Waals surface area contributed by atoms with Crippen LogP contribution in [0.3, 0.4) is 0 Å². The maximum Gasteiger partial charge on any atom is 0.340 e. The summed E-state index contributed by atoms with van der Waals surface area (Å²) in [6.45, 7) is 0. The molecule has 1 aromatic rings. The molecule has 17 heavy (non-hydrogen) atoms. The van der Waals surface area contributed by atoms with Crippen LogP contribution < -0.4 is 5.73 Å². The van der Waals surface area contributed by atoms with Crippen LogP contribution in [0.5, 0.6) is 0 Å². The first-order valence-electron chi connectivity index (χ1n) is 5.79. The van der Waals surface area contributed by atoms with E-state index in [4.69, 9.17) is 22.1 Å². The summed E-state index contributed by atoms with van der Waals surface area (Å²) in [6.07, 6.45) is 6.71. The Labute approximate surface area is 105 Å². The monoisotopic (exact) mass is 254 g/mol. The van der Waals surface area contributed by atoms with Gasteiger partial charge in [-0.1, -0.05) is 18.0 Å². The molecule has 92 valence electrons. The van der Waals surface area contributed by atoms with Gasteiger partial charge in [-0.3, -0.25) is 0 Å². The Morgan fingerprint density at radius 2 is 2.12 bits per heavy atom. The molecule has 0 bridgehead atoms. The van der Waals surface area contributed by atoms with Gasteiger partial charge in [-0.25, -0.2) is 9.78 Å². The molecule has 0 atom stereocenters. The Morgan fingerprint density at radius 3 is 2.82 bits per heavy atom. The second-order valence-electron chi connectivity index (χ2n) is 4.26. The number of carbonyl (C=O) groups excluding carboxylic acids is 1. The van der Waals surface area contributed by atoms with E-state index < -0.39 is 5.97 Å². The summed E-state index contributed by atoms with van der Waals surface area (Å²) in [7, 11) is 0. The Morgan fingerprint density at radius 1 is 1.41 bits per heavy atom. The number of rotatable bonds is 2. The number of ether oxygens (including phenoxy) is 1. The highest BCUT2D eigenvalue weighted by molar-refractivity contribution is 6.29. The molecule has 5 heteroatoms. The van der Waals surface area contributed by atoms with Crippen molar-refractivity contribution in [3.63, 3.8) is 0 Å². The van der Waals surface area contributed by atoms with Gasteiger partial charge in [-0.2, -0.15) is 0 Å². The van der Waals surface area contributed by atoms with E-state index in [2.05, 4.69) is 4.98 Å². The van der Waals surface area contributed by atoms with Gasteiger partial charge in [0.15, 0.2) is 0 Å². The van der Waals surface area contributed by atoms with Gasteiger partial charge in [0.25, 0.3) is 0 Å². The zero-order valence-electron chi connectivity index (χ0n) is 9.49. The highest BCUT2D eigenvalue weighted by Crippen LogP contribution is 2.23. The van der Waals surface area contributed by atoms with Crippen LogP contribution in [0.25, 0.3) is 0 Å². The van der Waals surface area contributed by atoms with Crippen LogP contribution in [0, 0.1) is 0 Å². The van der Waals surface area contributed by atoms with Gasteiger partial charge in [0, 0.05) is 0 Å². The van der Waals surface area contributed by atoms with Crippen molar-refractivity contribution in [1.82, 2.24) is 4.98 Å². The Hall–Kier alpha value is -1.29. The minimum atomic E-state index is -0.404. The Bertz CT molecular complexity index is 417. The molecule has 0 saturated heterocycles. The van der Waals surface area contributed by atoms with Crippen LogP contribution in [0.1, 0.15) is 42.5 Å². The van der Waals surface area contributed by atoms with Crippen molar-refractivity contribution < 1.29 is 9.53 Å². The van der Waals surface area contributed by atoms with Gasteiger partial charge in [-0.05, 0) is 31.7 Å². The molecule has 1 aliphatic rings. The zero-order chi connectivity index (χ0) is 12.3. The lowest BCUT2D eigenvalue weighted by Crippen LogP contribution is -2.21. The number of nitrogens with two attached hydrogens (primary N) is 1. The van der Waals surface area contributed by atoms with Crippen molar-refractivity contribution in [2.45, 2.75) is 38.2 Å². The summed E-state index contributed by atoms with van der Waals surface area (Å²) in [5.41, 5.74) is 6.28. The number of esters is 1. The third-order valence-electron chi connectivity index (χ3n) is 2.95. The molecule has 1 aromatic heterocycles. The van der Waals surface area contributed by atoms with E-state index in [1.165, 1.54) is 18.7 Å². The third kappa shape index (κ3) is 3.09. The van der Waals surface area contributed by atoms with Crippen LogP contribution in [-0.4, -0.2) is 17.1 Å². The van der Waals surface area contributed by atoms with E-state index in [0.717, 1.165) is 25.7 Å². The van der Waals surface area contributed by atoms with Crippen LogP contribution in [0.15, 0.2) is 12.3 Å². The molecule has 0 aliphatic heterocycles. The van der Waals surface area contributed by atoms with Gasteiger partial charge in [0.05, 0.1) is 17.4 Å². The molecule has 0 amide bonds. The van der Waals surface area contributed by atoms with Crippen molar-refractivity contribution in [2.24, 2.45) is 0 Å². The minimum Gasteiger partial charge on any atom is -0.459 e. The molecule has 0 radical (unpaired) electrons. The lowest BCUT2D eigenvalue weighted by molar-refractivity contribution is 0.0212. The molecule has 1 heterocycles. The molecular formula is C12H15ClN2O2. The minimum absolute atomic E-state index is 0.0163. The van der Waals surface area contributed by atoms with Crippen LogP contribution in [0.4, 0.5) is 5.69 Å². The standard InChI is InChI=1S/C12H15ClN2O2/c13-11-6-9(10(14)7-15-11)12(16)17-8-4-2-1-3-5-8/h6-8H,1-5,14H2. The molecule has 1 aliphatic carbocycles. The smallest absolute Gasteiger partial charge is 0.340 e. The third-order valence-corrected chi connectivity index (χ3v) is 3.15. The number of hydrogen-bond donors (Lipinski definition) is 1. The van der Waals surface area contributed by atoms with E-state index in [9.17, 15) is 4.79 Å². The van der Waals surface area contributed by atoms with Crippen LogP contribution in [-0.2, 0) is 4.74 Å². The summed E-state index contributed by atoms with van der Waals surface area (Å²) < 4.78 is 5.41. The quantitative estimate of drug-likeness (QED) is 0.651. The molecule has 1 saturated carbocycles. The fraction of sp³-hybridized carbons (Fsp3) is 0.500. The number of aromatic nitrogens is 1. The molecule has 2 rings (SSSR count). The number of pyridine rings is 1. The van der Waals surface area contributed by atoms with Gasteiger partial charge >= 0.3 is 5.97 Å². The van der Waals surface area contributed by atoms with E-state index in [1.807, 2.05) is 0 Å². The lowest BCUT2D eigenvalue weighted by atomic mass is 9.98. The zero-order valence-corrected chi connectivity index (χ0v) is 10.2. The topological polar surface area (TPSA) is 65.2 Å². The maximum absolute atomic E-state index is 11.9. The number of anilines is 1. The molecule has 0 unspecified atom stereocenters. The fourth-order valence-electron chi connectivity index (χ4n) is 2.02. The van der Waals surface area contributed by atoms with Crippen molar-refractivity contribution in [3.05, 3.63) is 23.0 Å². The molecule has 2 N–H and O–H groups in total. The second-order valence-corrected chi connectivity index (χ2v) is 4.65. The number of nitrogens with zero attached hydrogens (tertiary/aromatic N) is 1. The normalized spacial score (nSPS) is 16.8. The SMILES string of the molecule is Nc1cnc(Cl)cc1C(=O)OC1CCCCC1. The van der Waals surface area contributed by atoms with Gasteiger partial charge in [-0.15, -0.1) is 0 Å². The highest BCUT2D eigenvalue weighted by atomic mass is 35.5. The largest absolute Gasteiger partial charge is 0.459 e. The first-order chi connectivity index (χ1) is 8.16. The van der Waals surface area contributed by atoms with Gasteiger partial charge in [0.2, 0.25) is 0 Å². The van der Waals surface area contributed by atoms with Crippen molar-refractivity contribution in [2.75, 3.05) is 5.73 Å². The number of carbonyl (C=O) groups is 1. The van der Waals surface area contributed by atoms with Crippen molar-refractivity contribution in [3.8, 4) is 0 Å². The molecule has 0 aromatic carbocycles. The predicted molar refractivity (Wildman–Crippen MR) is 65.9 cm³/mol. The molecule has 1 fully saturated rings. The summed E-state index contributed by atoms with van der Waals surface area (Å²) in [4.78, 5) is 15.7. The number of halogens is 1. The number of hydrogen-bond acceptors (Lipinski definition) is 4. The molecular weight excluding hydrogens is 240 g/mol. The first-order valence-corrected chi connectivity index (χ1v) is 6.16. The fourth-order valence-corrected chi connectivity index (χ4v) is 2.17. The lowest BCUT2D eigenvalue weighted by Gasteiger charge is -2.22. The second kappa shape index (κ2) is 5.36. The average Bonchev–Trinajstić information content (AvgIpc) is 2.33. The molecule has 0 spiro atoms. The van der Waals surface area contributed by atoms with Crippen molar-refractivity contribution >= 4 is 23.3 Å². The van der Waals surface area contributed by atoms with E-state index in [-0.39, 0.29) is 11.3 Å². The predicted octanol–water partition coefficient (Wildman–Crippen LogP) is 2.81. The maximum atomic E-state index is 11.9. The van der Waals surface area contributed by atoms with Gasteiger partial charge < -0.3 is 10.5 Å². The Balaban J connectivity index is 2.05. The highest BCUT2D eigenvalue weighted by Gasteiger charge is 2.20. The van der Waals surface area contributed by atoms with E-state index in [0.29, 0.717) is 11.3 Å². The van der Waals surface area contributed by atoms with Crippen LogP contribution >= 0.6 is 11.6 Å².